The number of hydrogen-bond donors (Lipinski definition) is 2. The normalized spacial score (nSPS) is 16.9. The van der Waals surface area contributed by atoms with E-state index in [0.29, 0.717) is 22.6 Å². The molecule has 0 aliphatic carbocycles. The lowest BCUT2D eigenvalue weighted by Gasteiger charge is -2.26. The second-order valence-corrected chi connectivity index (χ2v) is 8.01. The van der Waals surface area contributed by atoms with E-state index in [-0.39, 0.29) is 22.6 Å². The molecule has 0 saturated carbocycles. The van der Waals surface area contributed by atoms with Gasteiger partial charge in [0.2, 0.25) is 0 Å². The van der Waals surface area contributed by atoms with Crippen molar-refractivity contribution in [1.82, 2.24) is 0 Å². The van der Waals surface area contributed by atoms with Gasteiger partial charge in [0, 0.05) is 11.3 Å². The molecule has 8 nitrogen and oxygen atoms in total. The molecule has 1 saturated heterocycles. The number of rotatable bonds is 6. The standard InChI is InChI=1S/C27H23NO7/c1-15-7-9-16(10-8-15)24(29)22-23(17-11-12-20(34-2)21(14-17)35-3)28(26(31)25(22)30)19-6-4-5-18(13-19)27(32)33/h4-14,23,29H,1-3H3,(H,32,33)/t23-/m1/s1. The first-order valence-electron chi connectivity index (χ1n) is 10.7. The van der Waals surface area contributed by atoms with Gasteiger partial charge >= 0.3 is 5.97 Å². The van der Waals surface area contributed by atoms with Gasteiger partial charge in [-0.3, -0.25) is 14.5 Å². The number of carbonyl (C=O) groups is 3. The van der Waals surface area contributed by atoms with Crippen molar-refractivity contribution in [3.63, 3.8) is 0 Å². The smallest absolute Gasteiger partial charge is 0.335 e. The van der Waals surface area contributed by atoms with Gasteiger partial charge < -0.3 is 19.7 Å². The van der Waals surface area contributed by atoms with E-state index in [9.17, 15) is 24.6 Å². The molecule has 4 rings (SSSR count). The third kappa shape index (κ3) is 4.21. The summed E-state index contributed by atoms with van der Waals surface area (Å²) in [6, 6.07) is 16.5. The molecule has 1 heterocycles. The van der Waals surface area contributed by atoms with Crippen LogP contribution in [0.3, 0.4) is 0 Å². The number of aryl methyl sites for hydroxylation is 1. The number of carboxylic acids is 1. The Hall–Kier alpha value is -4.59. The molecule has 3 aromatic rings. The molecule has 1 aliphatic rings. The minimum atomic E-state index is -1.18. The van der Waals surface area contributed by atoms with E-state index in [0.717, 1.165) is 5.56 Å². The van der Waals surface area contributed by atoms with Crippen molar-refractivity contribution >= 4 is 29.1 Å². The lowest BCUT2D eigenvalue weighted by Crippen LogP contribution is -2.29. The fourth-order valence-electron chi connectivity index (χ4n) is 4.09. The first-order chi connectivity index (χ1) is 16.8. The number of nitrogens with zero attached hydrogens (tertiary/aromatic N) is 1. The van der Waals surface area contributed by atoms with Gasteiger partial charge in [-0.05, 0) is 42.8 Å². The zero-order chi connectivity index (χ0) is 25.3. The molecule has 0 unspecified atom stereocenters. The van der Waals surface area contributed by atoms with Crippen LogP contribution in [-0.4, -0.2) is 42.1 Å². The molecule has 0 bridgehead atoms. The van der Waals surface area contributed by atoms with E-state index in [2.05, 4.69) is 0 Å². The van der Waals surface area contributed by atoms with Gasteiger partial charge in [-0.15, -0.1) is 0 Å². The summed E-state index contributed by atoms with van der Waals surface area (Å²) in [6.07, 6.45) is 0. The van der Waals surface area contributed by atoms with Crippen molar-refractivity contribution in [3.05, 3.63) is 94.6 Å². The van der Waals surface area contributed by atoms with Crippen molar-refractivity contribution in [2.75, 3.05) is 19.1 Å². The van der Waals surface area contributed by atoms with Gasteiger partial charge in [0.15, 0.2) is 11.5 Å². The van der Waals surface area contributed by atoms with Crippen LogP contribution >= 0.6 is 0 Å². The summed E-state index contributed by atoms with van der Waals surface area (Å²) in [5.74, 6) is -2.47. The van der Waals surface area contributed by atoms with E-state index in [1.807, 2.05) is 6.92 Å². The SMILES string of the molecule is COc1ccc([C@@H]2C(=C(O)c3ccc(C)cc3)C(=O)C(=O)N2c2cccc(C(=O)O)c2)cc1OC. The van der Waals surface area contributed by atoms with Crippen LogP contribution in [0.5, 0.6) is 11.5 Å². The van der Waals surface area contributed by atoms with Crippen LogP contribution in [0.4, 0.5) is 5.69 Å². The van der Waals surface area contributed by atoms with E-state index in [1.165, 1.54) is 43.4 Å². The summed E-state index contributed by atoms with van der Waals surface area (Å²) in [5.41, 5.74) is 1.84. The molecule has 0 aromatic heterocycles. The Morgan fingerprint density at radius 1 is 0.857 bits per heavy atom. The number of carbonyl (C=O) groups excluding carboxylic acids is 2. The first-order valence-corrected chi connectivity index (χ1v) is 10.7. The summed E-state index contributed by atoms with van der Waals surface area (Å²) in [7, 11) is 2.94. The first kappa shape index (κ1) is 23.6. The van der Waals surface area contributed by atoms with Crippen LogP contribution in [-0.2, 0) is 9.59 Å². The van der Waals surface area contributed by atoms with Crippen LogP contribution in [0.15, 0.2) is 72.3 Å². The van der Waals surface area contributed by atoms with Crippen molar-refractivity contribution in [3.8, 4) is 11.5 Å². The maximum Gasteiger partial charge on any atom is 0.335 e. The number of anilines is 1. The monoisotopic (exact) mass is 473 g/mol. The van der Waals surface area contributed by atoms with Crippen LogP contribution in [0.2, 0.25) is 0 Å². The second kappa shape index (κ2) is 9.34. The number of ketones is 1. The number of hydrogen-bond acceptors (Lipinski definition) is 6. The molecule has 35 heavy (non-hydrogen) atoms. The van der Waals surface area contributed by atoms with Crippen molar-refractivity contribution in [2.45, 2.75) is 13.0 Å². The van der Waals surface area contributed by atoms with Gasteiger partial charge in [-0.25, -0.2) is 4.79 Å². The summed E-state index contributed by atoms with van der Waals surface area (Å²) in [6.45, 7) is 1.89. The quantitative estimate of drug-likeness (QED) is 0.311. The van der Waals surface area contributed by atoms with E-state index in [1.54, 1.807) is 42.5 Å². The summed E-state index contributed by atoms with van der Waals surface area (Å²) in [4.78, 5) is 39.3. The number of aliphatic hydroxyl groups excluding tert-OH is 1. The van der Waals surface area contributed by atoms with Crippen LogP contribution in [0.25, 0.3) is 5.76 Å². The Balaban J connectivity index is 1.98. The fourth-order valence-corrected chi connectivity index (χ4v) is 4.09. The lowest BCUT2D eigenvalue weighted by atomic mass is 9.94. The van der Waals surface area contributed by atoms with Crippen LogP contribution in [0, 0.1) is 6.92 Å². The fraction of sp³-hybridized carbons (Fsp3) is 0.148. The zero-order valence-corrected chi connectivity index (χ0v) is 19.3. The Bertz CT molecular complexity index is 1360. The highest BCUT2D eigenvalue weighted by Gasteiger charge is 2.47. The van der Waals surface area contributed by atoms with Crippen molar-refractivity contribution < 1.29 is 34.1 Å². The number of aliphatic hydroxyl groups is 1. The largest absolute Gasteiger partial charge is 0.507 e. The molecule has 8 heteroatoms. The minimum Gasteiger partial charge on any atom is -0.507 e. The van der Waals surface area contributed by atoms with Gasteiger partial charge in [-0.2, -0.15) is 0 Å². The Morgan fingerprint density at radius 2 is 1.54 bits per heavy atom. The van der Waals surface area contributed by atoms with E-state index >= 15 is 0 Å². The molecule has 2 N–H and O–H groups in total. The Kier molecular flexibility index (Phi) is 6.29. The Labute approximate surface area is 201 Å². The van der Waals surface area contributed by atoms with E-state index < -0.39 is 23.7 Å². The van der Waals surface area contributed by atoms with Crippen molar-refractivity contribution in [1.29, 1.82) is 0 Å². The number of aromatic carboxylic acids is 1. The highest BCUT2D eigenvalue weighted by Crippen LogP contribution is 2.44. The number of amides is 1. The highest BCUT2D eigenvalue weighted by atomic mass is 16.5. The topological polar surface area (TPSA) is 113 Å². The molecular weight excluding hydrogens is 450 g/mol. The molecular formula is C27H23NO7. The summed E-state index contributed by atoms with van der Waals surface area (Å²) < 4.78 is 10.7. The molecule has 1 atom stereocenters. The lowest BCUT2D eigenvalue weighted by molar-refractivity contribution is -0.132. The molecule has 1 aliphatic heterocycles. The average molecular weight is 473 g/mol. The number of carboxylic acid groups (broad SMARTS) is 1. The molecule has 0 radical (unpaired) electrons. The average Bonchev–Trinajstić information content (AvgIpc) is 3.13. The van der Waals surface area contributed by atoms with E-state index in [4.69, 9.17) is 9.47 Å². The third-order valence-corrected chi connectivity index (χ3v) is 5.86. The number of Topliss-reactive ketones (excluding diaryl/α,β-unsaturated/α-hetero) is 1. The summed E-state index contributed by atoms with van der Waals surface area (Å²) >= 11 is 0. The minimum absolute atomic E-state index is 0.0472. The number of benzene rings is 3. The van der Waals surface area contributed by atoms with Gasteiger partial charge in [0.1, 0.15) is 5.76 Å². The van der Waals surface area contributed by atoms with Crippen molar-refractivity contribution in [2.24, 2.45) is 0 Å². The van der Waals surface area contributed by atoms with Gasteiger partial charge in [0.05, 0.1) is 31.4 Å². The molecule has 1 fully saturated rings. The maximum absolute atomic E-state index is 13.3. The van der Waals surface area contributed by atoms with Gasteiger partial charge in [0.25, 0.3) is 11.7 Å². The van der Waals surface area contributed by atoms with Crippen LogP contribution < -0.4 is 14.4 Å². The predicted octanol–water partition coefficient (Wildman–Crippen LogP) is 4.34. The molecule has 178 valence electrons. The molecule has 0 spiro atoms. The van der Waals surface area contributed by atoms with Crippen LogP contribution in [0.1, 0.15) is 33.1 Å². The third-order valence-electron chi connectivity index (χ3n) is 5.86. The second-order valence-electron chi connectivity index (χ2n) is 8.01. The van der Waals surface area contributed by atoms with Gasteiger partial charge in [-0.1, -0.05) is 42.0 Å². The maximum atomic E-state index is 13.3. The Morgan fingerprint density at radius 3 is 2.17 bits per heavy atom. The highest BCUT2D eigenvalue weighted by molar-refractivity contribution is 6.51. The number of methoxy groups -OCH3 is 2. The number of ether oxygens (including phenoxy) is 2. The predicted molar refractivity (Wildman–Crippen MR) is 129 cm³/mol. The zero-order valence-electron chi connectivity index (χ0n) is 19.3. The molecule has 1 amide bonds. The summed E-state index contributed by atoms with van der Waals surface area (Å²) in [5, 5.41) is 20.6. The molecule has 3 aromatic carbocycles.